The number of nitrogens with one attached hydrogen (secondary N) is 1. The van der Waals surface area contributed by atoms with E-state index in [2.05, 4.69) is 10.8 Å². The van der Waals surface area contributed by atoms with E-state index in [1.807, 2.05) is 0 Å². The summed E-state index contributed by atoms with van der Waals surface area (Å²) < 4.78 is 0. The number of amides is 2. The Balaban J connectivity index is 3.00. The van der Waals surface area contributed by atoms with Crippen molar-refractivity contribution in [2.45, 2.75) is 6.92 Å². The SMILES string of the molecule is CCNC(=O)[N]O. The van der Waals surface area contributed by atoms with Gasteiger partial charge >= 0.3 is 6.03 Å². The molecule has 0 rings (SSSR count). The topological polar surface area (TPSA) is 63.4 Å². The molecule has 0 heterocycles. The molecule has 0 aromatic carbocycles. The van der Waals surface area contributed by atoms with Crippen molar-refractivity contribution in [2.75, 3.05) is 6.54 Å². The second-order valence-electron chi connectivity index (χ2n) is 0.935. The predicted molar refractivity (Wildman–Crippen MR) is 23.0 cm³/mol. The monoisotopic (exact) mass is 103 g/mol. The zero-order valence-corrected chi connectivity index (χ0v) is 4.01. The Kier molecular flexibility index (Phi) is 3.04. The second-order valence-corrected chi connectivity index (χ2v) is 0.935. The van der Waals surface area contributed by atoms with Gasteiger partial charge in [-0.25, -0.2) is 4.79 Å². The molecule has 0 unspecified atom stereocenters. The summed E-state index contributed by atoms with van der Waals surface area (Å²) in [6.45, 7) is 2.23. The molecule has 41 valence electrons. The molecule has 0 aromatic heterocycles. The Morgan fingerprint density at radius 2 is 2.57 bits per heavy atom. The molecular formula is C3H7N2O2. The fourth-order valence-corrected chi connectivity index (χ4v) is 0.187. The first-order valence-corrected chi connectivity index (χ1v) is 1.94. The maximum Gasteiger partial charge on any atom is 0.363 e. The van der Waals surface area contributed by atoms with E-state index in [-0.39, 0.29) is 0 Å². The first-order valence-electron chi connectivity index (χ1n) is 1.94. The second kappa shape index (κ2) is 3.42. The van der Waals surface area contributed by atoms with Gasteiger partial charge in [0.15, 0.2) is 0 Å². The summed E-state index contributed by atoms with van der Waals surface area (Å²) in [5.41, 5.74) is 2.33. The molecule has 0 aliphatic rings. The zero-order valence-electron chi connectivity index (χ0n) is 4.01. The number of rotatable bonds is 1. The summed E-state index contributed by atoms with van der Waals surface area (Å²) in [6, 6.07) is -0.692. The van der Waals surface area contributed by atoms with Crippen molar-refractivity contribution in [3.05, 3.63) is 0 Å². The van der Waals surface area contributed by atoms with Crippen molar-refractivity contribution >= 4 is 6.03 Å². The summed E-state index contributed by atoms with van der Waals surface area (Å²) in [7, 11) is 0. The van der Waals surface area contributed by atoms with Crippen LogP contribution < -0.4 is 10.8 Å². The molecule has 4 heteroatoms. The van der Waals surface area contributed by atoms with Crippen LogP contribution in [0.2, 0.25) is 0 Å². The van der Waals surface area contributed by atoms with Gasteiger partial charge in [0.1, 0.15) is 0 Å². The molecule has 2 amide bonds. The van der Waals surface area contributed by atoms with Crippen LogP contribution in [-0.4, -0.2) is 17.8 Å². The third kappa shape index (κ3) is 3.05. The van der Waals surface area contributed by atoms with Gasteiger partial charge in [0.25, 0.3) is 0 Å². The van der Waals surface area contributed by atoms with Crippen LogP contribution in [0.1, 0.15) is 6.92 Å². The summed E-state index contributed by atoms with van der Waals surface area (Å²) >= 11 is 0. The fourth-order valence-electron chi connectivity index (χ4n) is 0.187. The van der Waals surface area contributed by atoms with E-state index in [4.69, 9.17) is 5.21 Å². The van der Waals surface area contributed by atoms with Crippen molar-refractivity contribution in [2.24, 2.45) is 0 Å². The van der Waals surface area contributed by atoms with Gasteiger partial charge in [0, 0.05) is 6.54 Å². The molecule has 7 heavy (non-hydrogen) atoms. The van der Waals surface area contributed by atoms with Gasteiger partial charge in [-0.2, -0.15) is 0 Å². The van der Waals surface area contributed by atoms with Crippen molar-refractivity contribution < 1.29 is 10.0 Å². The minimum Gasteiger partial charge on any atom is -0.335 e. The van der Waals surface area contributed by atoms with Gasteiger partial charge in [0.05, 0.1) is 0 Å². The van der Waals surface area contributed by atoms with Gasteiger partial charge in [0.2, 0.25) is 0 Å². The molecule has 0 aliphatic heterocycles. The van der Waals surface area contributed by atoms with E-state index >= 15 is 0 Å². The van der Waals surface area contributed by atoms with E-state index in [1.54, 1.807) is 6.92 Å². The van der Waals surface area contributed by atoms with Crippen molar-refractivity contribution in [1.29, 1.82) is 0 Å². The molecule has 0 aliphatic carbocycles. The van der Waals surface area contributed by atoms with Crippen LogP contribution in [0.3, 0.4) is 0 Å². The van der Waals surface area contributed by atoms with Gasteiger partial charge in [-0.05, 0) is 6.92 Å². The van der Waals surface area contributed by atoms with Crippen LogP contribution in [0, 0.1) is 0 Å². The molecule has 0 saturated carbocycles. The van der Waals surface area contributed by atoms with Crippen LogP contribution >= 0.6 is 0 Å². The number of carbonyl (C=O) groups excluding carboxylic acids is 1. The predicted octanol–water partition coefficient (Wildman–Crippen LogP) is -0.290. The summed E-state index contributed by atoms with van der Waals surface area (Å²) in [6.07, 6.45) is 0. The highest BCUT2D eigenvalue weighted by Gasteiger charge is 1.91. The largest absolute Gasteiger partial charge is 0.363 e. The zero-order chi connectivity index (χ0) is 5.70. The van der Waals surface area contributed by atoms with E-state index in [9.17, 15) is 4.79 Å². The Morgan fingerprint density at radius 1 is 2.00 bits per heavy atom. The molecule has 4 nitrogen and oxygen atoms in total. The summed E-state index contributed by atoms with van der Waals surface area (Å²) in [5.74, 6) is 0. The third-order valence-corrected chi connectivity index (χ3v) is 0.419. The lowest BCUT2D eigenvalue weighted by Crippen LogP contribution is -2.27. The molecule has 2 N–H and O–H groups in total. The number of hydrogen-bond donors (Lipinski definition) is 2. The Bertz CT molecular complexity index is 64.0. The van der Waals surface area contributed by atoms with Crippen molar-refractivity contribution in [1.82, 2.24) is 10.8 Å². The van der Waals surface area contributed by atoms with Crippen LogP contribution in [0.15, 0.2) is 0 Å². The quantitative estimate of drug-likeness (QED) is 0.354. The number of carbonyl (C=O) groups is 1. The Morgan fingerprint density at radius 3 is 2.71 bits per heavy atom. The smallest absolute Gasteiger partial charge is 0.335 e. The van der Waals surface area contributed by atoms with E-state index in [0.29, 0.717) is 6.54 Å². The van der Waals surface area contributed by atoms with Crippen LogP contribution in [-0.2, 0) is 0 Å². The van der Waals surface area contributed by atoms with Gasteiger partial charge in [-0.1, -0.05) is 5.48 Å². The number of nitrogens with zero attached hydrogens (tertiary/aromatic N) is 1. The van der Waals surface area contributed by atoms with E-state index in [0.717, 1.165) is 0 Å². The highest BCUT2D eigenvalue weighted by atomic mass is 16.5. The van der Waals surface area contributed by atoms with Crippen molar-refractivity contribution in [3.8, 4) is 0 Å². The van der Waals surface area contributed by atoms with Crippen LogP contribution in [0.5, 0.6) is 0 Å². The third-order valence-electron chi connectivity index (χ3n) is 0.419. The normalized spacial score (nSPS) is 7.71. The van der Waals surface area contributed by atoms with Crippen LogP contribution in [0.25, 0.3) is 0 Å². The molecule has 0 spiro atoms. The minimum absolute atomic E-state index is 0.489. The Hall–Kier alpha value is -0.770. The highest BCUT2D eigenvalue weighted by Crippen LogP contribution is 1.58. The first kappa shape index (κ1) is 6.23. The lowest BCUT2D eigenvalue weighted by molar-refractivity contribution is 0.155. The lowest BCUT2D eigenvalue weighted by Gasteiger charge is -1.91. The van der Waals surface area contributed by atoms with Gasteiger partial charge in [-0.3, -0.25) is 5.21 Å². The van der Waals surface area contributed by atoms with Gasteiger partial charge in [-0.15, -0.1) is 0 Å². The fraction of sp³-hybridized carbons (Fsp3) is 0.667. The Labute approximate surface area is 41.5 Å². The number of hydrogen-bond acceptors (Lipinski definition) is 2. The first-order chi connectivity index (χ1) is 3.31. The number of hydroxylamine groups is 1. The lowest BCUT2D eigenvalue weighted by atomic mass is 10.7. The average molecular weight is 103 g/mol. The van der Waals surface area contributed by atoms with Crippen LogP contribution in [0.4, 0.5) is 4.79 Å². The molecular weight excluding hydrogens is 96.0 g/mol. The van der Waals surface area contributed by atoms with Crippen molar-refractivity contribution in [3.63, 3.8) is 0 Å². The standard InChI is InChI=1S/C3H7N2O2/c1-2-4-3(6)5-7/h7H,2H2,1H3,(H,4,6). The summed E-state index contributed by atoms with van der Waals surface area (Å²) in [4.78, 5) is 9.88. The molecule has 0 fully saturated rings. The number of urea groups is 1. The molecule has 0 aromatic rings. The molecule has 0 saturated heterocycles. The molecule has 0 atom stereocenters. The maximum atomic E-state index is 9.88. The van der Waals surface area contributed by atoms with Gasteiger partial charge < -0.3 is 5.32 Å². The van der Waals surface area contributed by atoms with E-state index in [1.165, 1.54) is 0 Å². The highest BCUT2D eigenvalue weighted by molar-refractivity contribution is 5.71. The summed E-state index contributed by atoms with van der Waals surface area (Å²) in [5, 5.41) is 9.92. The molecule has 0 bridgehead atoms. The average Bonchev–Trinajstić information content (AvgIpc) is 1.68. The van der Waals surface area contributed by atoms with E-state index < -0.39 is 6.03 Å². The minimum atomic E-state index is -0.692. The molecule has 1 radical (unpaired) electrons. The maximum absolute atomic E-state index is 9.88.